The molecule has 1 N–H and O–H groups in total. The number of anilines is 1. The van der Waals surface area contributed by atoms with Gasteiger partial charge in [0.15, 0.2) is 5.16 Å². The third-order valence-electron chi connectivity index (χ3n) is 3.53. The highest BCUT2D eigenvalue weighted by Gasteiger charge is 2.13. The number of hydrogen-bond donors (Lipinski definition) is 1. The molecule has 0 aliphatic rings. The zero-order chi connectivity index (χ0) is 17.5. The van der Waals surface area contributed by atoms with Gasteiger partial charge in [-0.05, 0) is 18.9 Å². The van der Waals surface area contributed by atoms with Gasteiger partial charge in [-0.2, -0.15) is 0 Å². The van der Waals surface area contributed by atoms with Crippen LogP contribution in [0.3, 0.4) is 0 Å². The van der Waals surface area contributed by atoms with Crippen molar-refractivity contribution in [3.05, 3.63) is 47.2 Å². The molecule has 3 rings (SSSR count). The number of carbonyl (C=O) groups excluding carboxylic acids is 1. The van der Waals surface area contributed by atoms with E-state index in [-0.39, 0.29) is 11.7 Å². The van der Waals surface area contributed by atoms with Crippen LogP contribution in [0, 0.1) is 0 Å². The van der Waals surface area contributed by atoms with Crippen LogP contribution in [0.2, 0.25) is 0 Å². The molecule has 0 atom stereocenters. The summed E-state index contributed by atoms with van der Waals surface area (Å²) in [4.78, 5) is 12.0. The van der Waals surface area contributed by atoms with Crippen molar-refractivity contribution in [1.82, 2.24) is 25.0 Å². The van der Waals surface area contributed by atoms with E-state index < -0.39 is 0 Å². The fourth-order valence-electron chi connectivity index (χ4n) is 2.34. The van der Waals surface area contributed by atoms with Crippen molar-refractivity contribution in [2.24, 2.45) is 0 Å². The van der Waals surface area contributed by atoms with Crippen LogP contribution in [0.5, 0.6) is 0 Å². The molecule has 0 aliphatic heterocycles. The second-order valence-electron chi connectivity index (χ2n) is 5.21. The minimum atomic E-state index is -0.127. The Morgan fingerprint density at radius 2 is 2.04 bits per heavy atom. The Morgan fingerprint density at radius 3 is 2.76 bits per heavy atom. The van der Waals surface area contributed by atoms with Crippen LogP contribution in [-0.4, -0.2) is 36.6 Å². The normalized spacial score (nSPS) is 10.8. The van der Waals surface area contributed by atoms with Gasteiger partial charge in [0.05, 0.1) is 5.75 Å². The second kappa shape index (κ2) is 8.72. The van der Waals surface area contributed by atoms with Gasteiger partial charge in [0.1, 0.15) is 11.3 Å². The van der Waals surface area contributed by atoms with Gasteiger partial charge in [-0.15, -0.1) is 20.4 Å². The van der Waals surface area contributed by atoms with Gasteiger partial charge in [0.2, 0.25) is 11.0 Å². The Labute approximate surface area is 153 Å². The SMILES string of the molecule is CCn1c(CCc2ccccc2)nnc1SCC(=O)Nc1nncs1. The lowest BCUT2D eigenvalue weighted by molar-refractivity contribution is -0.113. The highest BCUT2D eigenvalue weighted by atomic mass is 32.2. The van der Waals surface area contributed by atoms with Gasteiger partial charge in [0, 0.05) is 13.0 Å². The summed E-state index contributed by atoms with van der Waals surface area (Å²) >= 11 is 2.67. The molecule has 25 heavy (non-hydrogen) atoms. The molecule has 0 saturated heterocycles. The number of aryl methyl sites for hydroxylation is 2. The first-order valence-electron chi connectivity index (χ1n) is 7.91. The van der Waals surface area contributed by atoms with Crippen molar-refractivity contribution in [2.75, 3.05) is 11.1 Å². The van der Waals surface area contributed by atoms with Gasteiger partial charge >= 0.3 is 0 Å². The Hall–Kier alpha value is -2.26. The van der Waals surface area contributed by atoms with E-state index in [9.17, 15) is 4.79 Å². The van der Waals surface area contributed by atoms with Crippen LogP contribution in [0.15, 0.2) is 41.0 Å². The van der Waals surface area contributed by atoms with E-state index in [0.29, 0.717) is 5.13 Å². The average Bonchev–Trinajstić information content (AvgIpc) is 3.28. The standard InChI is InChI=1S/C16H18N6OS2/c1-2-22-13(9-8-12-6-4-3-5-7-12)19-21-16(22)24-10-14(23)18-15-20-17-11-25-15/h3-7,11H,2,8-10H2,1H3,(H,18,20,23). The zero-order valence-electron chi connectivity index (χ0n) is 13.8. The van der Waals surface area contributed by atoms with Gasteiger partial charge in [-0.25, -0.2) is 0 Å². The van der Waals surface area contributed by atoms with E-state index in [2.05, 4.69) is 49.3 Å². The van der Waals surface area contributed by atoms with Crippen molar-refractivity contribution in [3.8, 4) is 0 Å². The molecule has 0 unspecified atom stereocenters. The fourth-order valence-corrected chi connectivity index (χ4v) is 3.62. The highest BCUT2D eigenvalue weighted by molar-refractivity contribution is 7.99. The first-order chi connectivity index (χ1) is 12.3. The summed E-state index contributed by atoms with van der Waals surface area (Å²) in [7, 11) is 0. The molecule has 0 aliphatic carbocycles. The maximum Gasteiger partial charge on any atom is 0.236 e. The third kappa shape index (κ3) is 4.86. The maximum absolute atomic E-state index is 12.0. The molecule has 1 amide bonds. The zero-order valence-corrected chi connectivity index (χ0v) is 15.4. The van der Waals surface area contributed by atoms with Crippen LogP contribution >= 0.6 is 23.1 Å². The Morgan fingerprint density at radius 1 is 1.20 bits per heavy atom. The number of amides is 1. The number of thioether (sulfide) groups is 1. The number of nitrogens with one attached hydrogen (secondary N) is 1. The number of aromatic nitrogens is 5. The Bertz CT molecular complexity index is 803. The van der Waals surface area contributed by atoms with Gasteiger partial charge < -0.3 is 4.57 Å². The lowest BCUT2D eigenvalue weighted by Gasteiger charge is -2.07. The molecule has 130 valence electrons. The summed E-state index contributed by atoms with van der Waals surface area (Å²) in [6, 6.07) is 10.3. The van der Waals surface area contributed by atoms with Gasteiger partial charge in [-0.1, -0.05) is 53.4 Å². The number of rotatable bonds is 8. The lowest BCUT2D eigenvalue weighted by atomic mass is 10.1. The lowest BCUT2D eigenvalue weighted by Crippen LogP contribution is -2.14. The van der Waals surface area contributed by atoms with Crippen LogP contribution in [0.1, 0.15) is 18.3 Å². The van der Waals surface area contributed by atoms with E-state index in [1.807, 2.05) is 18.2 Å². The van der Waals surface area contributed by atoms with Crippen LogP contribution < -0.4 is 5.32 Å². The van der Waals surface area contributed by atoms with E-state index in [1.54, 1.807) is 5.51 Å². The third-order valence-corrected chi connectivity index (χ3v) is 5.10. The molecule has 0 spiro atoms. The van der Waals surface area contributed by atoms with E-state index in [4.69, 9.17) is 0 Å². The molecular weight excluding hydrogens is 356 g/mol. The molecular formula is C16H18N6OS2. The minimum absolute atomic E-state index is 0.127. The summed E-state index contributed by atoms with van der Waals surface area (Å²) in [5.41, 5.74) is 2.86. The van der Waals surface area contributed by atoms with Crippen LogP contribution in [0.25, 0.3) is 0 Å². The molecule has 1 aromatic carbocycles. The first-order valence-corrected chi connectivity index (χ1v) is 9.77. The summed E-state index contributed by atoms with van der Waals surface area (Å²) in [5, 5.41) is 20.0. The molecule has 0 bridgehead atoms. The molecule has 0 radical (unpaired) electrons. The van der Waals surface area contributed by atoms with Crippen molar-refractivity contribution in [3.63, 3.8) is 0 Å². The molecule has 3 aromatic rings. The molecule has 0 saturated carbocycles. The Balaban J connectivity index is 1.56. The van der Waals surface area contributed by atoms with Gasteiger partial charge in [-0.3, -0.25) is 10.1 Å². The topological polar surface area (TPSA) is 85.6 Å². The van der Waals surface area contributed by atoms with Crippen molar-refractivity contribution >= 4 is 34.1 Å². The van der Waals surface area contributed by atoms with Crippen LogP contribution in [0.4, 0.5) is 5.13 Å². The monoisotopic (exact) mass is 374 g/mol. The summed E-state index contributed by atoms with van der Waals surface area (Å²) in [6.07, 6.45) is 1.74. The van der Waals surface area contributed by atoms with Crippen molar-refractivity contribution < 1.29 is 4.79 Å². The number of hydrogen-bond acceptors (Lipinski definition) is 7. The highest BCUT2D eigenvalue weighted by Crippen LogP contribution is 2.19. The summed E-state index contributed by atoms with van der Waals surface area (Å²) in [5.74, 6) is 1.08. The molecule has 0 fully saturated rings. The average molecular weight is 374 g/mol. The fraction of sp³-hybridized carbons (Fsp3) is 0.312. The Kier molecular flexibility index (Phi) is 6.13. The summed E-state index contributed by atoms with van der Waals surface area (Å²) < 4.78 is 2.06. The van der Waals surface area contributed by atoms with E-state index in [1.165, 1.54) is 28.7 Å². The predicted octanol–water partition coefficient (Wildman–Crippen LogP) is 2.67. The minimum Gasteiger partial charge on any atom is -0.306 e. The number of nitrogens with zero attached hydrogens (tertiary/aromatic N) is 5. The van der Waals surface area contributed by atoms with E-state index >= 15 is 0 Å². The predicted molar refractivity (Wildman–Crippen MR) is 98.8 cm³/mol. The maximum atomic E-state index is 12.0. The van der Waals surface area contributed by atoms with Crippen molar-refractivity contribution in [1.29, 1.82) is 0 Å². The van der Waals surface area contributed by atoms with E-state index in [0.717, 1.165) is 30.4 Å². The molecule has 2 heterocycles. The van der Waals surface area contributed by atoms with Gasteiger partial charge in [0.25, 0.3) is 0 Å². The quantitative estimate of drug-likeness (QED) is 0.610. The number of benzene rings is 1. The molecule has 2 aromatic heterocycles. The largest absolute Gasteiger partial charge is 0.306 e. The van der Waals surface area contributed by atoms with Crippen molar-refractivity contribution in [2.45, 2.75) is 31.5 Å². The number of carbonyl (C=O) groups is 1. The molecule has 7 nitrogen and oxygen atoms in total. The first kappa shape index (κ1) is 17.6. The molecule has 9 heteroatoms. The van der Waals surface area contributed by atoms with Crippen LogP contribution in [-0.2, 0) is 24.2 Å². The summed E-state index contributed by atoms with van der Waals surface area (Å²) in [6.45, 7) is 2.83. The second-order valence-corrected chi connectivity index (χ2v) is 6.99. The smallest absolute Gasteiger partial charge is 0.236 e.